The standard InChI is InChI=1S/C15H28B2N2/c1-15(2)16(18(3)4)14(17(15)19(5)6)12-11-13-9-7-8-10-13/h7,9-10,14H,8,11-12H2,1-6H3. The van der Waals surface area contributed by atoms with Crippen molar-refractivity contribution in [3.05, 3.63) is 23.8 Å². The molecule has 1 saturated heterocycles. The molecule has 104 valence electrons. The Hall–Kier alpha value is -0.470. The fourth-order valence-corrected chi connectivity index (χ4v) is 4.77. The molecular weight excluding hydrogens is 230 g/mol. The smallest absolute Gasteiger partial charge is 0.219 e. The van der Waals surface area contributed by atoms with E-state index < -0.39 is 0 Å². The highest BCUT2D eigenvalue weighted by Gasteiger charge is 2.62. The molecule has 2 aliphatic rings. The van der Waals surface area contributed by atoms with Crippen molar-refractivity contribution in [3.8, 4) is 0 Å². The van der Waals surface area contributed by atoms with Crippen LogP contribution >= 0.6 is 0 Å². The van der Waals surface area contributed by atoms with Crippen molar-refractivity contribution < 1.29 is 0 Å². The maximum absolute atomic E-state index is 2.43. The second kappa shape index (κ2) is 5.49. The molecule has 0 bridgehead atoms. The fourth-order valence-electron chi connectivity index (χ4n) is 4.77. The van der Waals surface area contributed by atoms with E-state index >= 15 is 0 Å². The third-order valence-electron chi connectivity index (χ3n) is 5.06. The highest BCUT2D eigenvalue weighted by molar-refractivity contribution is 6.99. The van der Waals surface area contributed by atoms with Crippen molar-refractivity contribution in [1.29, 1.82) is 0 Å². The summed E-state index contributed by atoms with van der Waals surface area (Å²) in [6.45, 7) is 6.25. The molecule has 0 aromatic rings. The van der Waals surface area contributed by atoms with Crippen molar-refractivity contribution in [3.63, 3.8) is 0 Å². The van der Waals surface area contributed by atoms with E-state index in [-0.39, 0.29) is 0 Å². The first-order chi connectivity index (χ1) is 8.85. The first kappa shape index (κ1) is 14.9. The van der Waals surface area contributed by atoms with Gasteiger partial charge in [0.25, 0.3) is 0 Å². The average Bonchev–Trinajstić information content (AvgIpc) is 2.74. The number of nitrogens with zero attached hydrogens (tertiary/aromatic N) is 2. The topological polar surface area (TPSA) is 6.48 Å². The van der Waals surface area contributed by atoms with Crippen LogP contribution in [0.4, 0.5) is 0 Å². The second-order valence-electron chi connectivity index (χ2n) is 7.26. The van der Waals surface area contributed by atoms with Gasteiger partial charge < -0.3 is 9.62 Å². The van der Waals surface area contributed by atoms with Crippen LogP contribution in [0.3, 0.4) is 0 Å². The van der Waals surface area contributed by atoms with Gasteiger partial charge in [0.1, 0.15) is 0 Å². The largest absolute Gasteiger partial charge is 0.348 e. The van der Waals surface area contributed by atoms with Crippen LogP contribution < -0.4 is 0 Å². The molecule has 0 radical (unpaired) electrons. The van der Waals surface area contributed by atoms with Gasteiger partial charge in [0.2, 0.25) is 13.7 Å². The van der Waals surface area contributed by atoms with Crippen LogP contribution in [0.5, 0.6) is 0 Å². The van der Waals surface area contributed by atoms with Gasteiger partial charge in [-0.25, -0.2) is 0 Å². The lowest BCUT2D eigenvalue weighted by Crippen LogP contribution is -2.71. The Morgan fingerprint density at radius 1 is 1.16 bits per heavy atom. The maximum Gasteiger partial charge on any atom is 0.219 e. The van der Waals surface area contributed by atoms with Crippen molar-refractivity contribution >= 4 is 13.7 Å². The minimum absolute atomic E-state index is 0.386. The van der Waals surface area contributed by atoms with Crippen LogP contribution in [0.25, 0.3) is 0 Å². The Morgan fingerprint density at radius 3 is 2.16 bits per heavy atom. The van der Waals surface area contributed by atoms with E-state index in [1.165, 1.54) is 12.8 Å². The van der Waals surface area contributed by atoms with E-state index in [9.17, 15) is 0 Å². The molecule has 2 rings (SSSR count). The van der Waals surface area contributed by atoms with E-state index in [1.54, 1.807) is 5.57 Å². The van der Waals surface area contributed by atoms with Crippen molar-refractivity contribution in [2.75, 3.05) is 28.2 Å². The summed E-state index contributed by atoms with van der Waals surface area (Å²) in [7, 11) is 8.94. The van der Waals surface area contributed by atoms with E-state index in [0.717, 1.165) is 12.1 Å². The van der Waals surface area contributed by atoms with Gasteiger partial charge in [-0.3, -0.25) is 0 Å². The summed E-state index contributed by atoms with van der Waals surface area (Å²) in [6.07, 6.45) is 10.6. The Bertz CT molecular complexity index is 368. The molecule has 0 atom stereocenters. The van der Waals surface area contributed by atoms with E-state index in [0.29, 0.717) is 18.9 Å². The SMILES string of the molecule is CN(C)B1C(CCC2=CCC=C2)B(N(C)C)C1(C)C. The Balaban J connectivity index is 2.04. The molecule has 0 amide bonds. The number of allylic oxidation sites excluding steroid dienone is 4. The Morgan fingerprint density at radius 2 is 1.74 bits per heavy atom. The predicted molar refractivity (Wildman–Crippen MR) is 87.7 cm³/mol. The summed E-state index contributed by atoms with van der Waals surface area (Å²) in [5, 5.41) is 0.386. The van der Waals surface area contributed by atoms with Gasteiger partial charge in [0.15, 0.2) is 0 Å². The van der Waals surface area contributed by atoms with E-state index in [2.05, 4.69) is 69.9 Å². The van der Waals surface area contributed by atoms with Crippen LogP contribution in [0, 0.1) is 0 Å². The third-order valence-corrected chi connectivity index (χ3v) is 5.06. The van der Waals surface area contributed by atoms with Gasteiger partial charge in [-0.1, -0.05) is 49.8 Å². The number of hydrogen-bond acceptors (Lipinski definition) is 2. The van der Waals surface area contributed by atoms with Crippen LogP contribution in [-0.2, 0) is 0 Å². The van der Waals surface area contributed by atoms with Gasteiger partial charge >= 0.3 is 0 Å². The van der Waals surface area contributed by atoms with Crippen molar-refractivity contribution in [2.45, 2.75) is 44.0 Å². The summed E-state index contributed by atoms with van der Waals surface area (Å²) in [5.74, 6) is 0. The predicted octanol–water partition coefficient (Wildman–Crippen LogP) is 3.00. The summed E-state index contributed by atoms with van der Waals surface area (Å²) in [5.41, 5.74) is 2.33. The van der Waals surface area contributed by atoms with Gasteiger partial charge in [-0.15, -0.1) is 0 Å². The molecule has 1 aliphatic carbocycles. The van der Waals surface area contributed by atoms with Gasteiger partial charge in [-0.2, -0.15) is 0 Å². The molecule has 0 unspecified atom stereocenters. The summed E-state index contributed by atoms with van der Waals surface area (Å²) in [4.78, 5) is 4.87. The lowest BCUT2D eigenvalue weighted by atomic mass is 8.98. The Labute approximate surface area is 120 Å². The normalized spacial score (nSPS) is 22.4. The van der Waals surface area contributed by atoms with Crippen molar-refractivity contribution in [2.24, 2.45) is 0 Å². The molecule has 1 fully saturated rings. The maximum atomic E-state index is 2.43. The average molecular weight is 258 g/mol. The third kappa shape index (κ3) is 2.71. The molecule has 1 heterocycles. The molecular formula is C15H28B2N2. The second-order valence-corrected chi connectivity index (χ2v) is 7.26. The first-order valence-electron chi connectivity index (χ1n) is 7.54. The zero-order chi connectivity index (χ0) is 14.2. The zero-order valence-electron chi connectivity index (χ0n) is 13.5. The quantitative estimate of drug-likeness (QED) is 0.699. The summed E-state index contributed by atoms with van der Waals surface area (Å²) >= 11 is 0. The van der Waals surface area contributed by atoms with Crippen molar-refractivity contribution in [1.82, 2.24) is 9.62 Å². The van der Waals surface area contributed by atoms with Crippen LogP contribution in [0.1, 0.15) is 33.1 Å². The molecule has 0 N–H and O–H groups in total. The number of rotatable bonds is 5. The van der Waals surface area contributed by atoms with E-state index in [4.69, 9.17) is 0 Å². The lowest BCUT2D eigenvalue weighted by molar-refractivity contribution is 0.501. The molecule has 1 aliphatic heterocycles. The first-order valence-corrected chi connectivity index (χ1v) is 7.54. The molecule has 4 heteroatoms. The molecule has 19 heavy (non-hydrogen) atoms. The minimum Gasteiger partial charge on any atom is -0.348 e. The molecule has 2 nitrogen and oxygen atoms in total. The summed E-state index contributed by atoms with van der Waals surface area (Å²) < 4.78 is 0. The van der Waals surface area contributed by atoms with Gasteiger partial charge in [0, 0.05) is 0 Å². The fraction of sp³-hybridized carbons (Fsp3) is 0.733. The molecule has 0 saturated carbocycles. The van der Waals surface area contributed by atoms with Crippen LogP contribution in [-0.4, -0.2) is 51.5 Å². The molecule has 0 spiro atoms. The monoisotopic (exact) mass is 258 g/mol. The minimum atomic E-state index is 0.386. The zero-order valence-corrected chi connectivity index (χ0v) is 13.5. The van der Waals surface area contributed by atoms with Crippen LogP contribution in [0.15, 0.2) is 23.8 Å². The van der Waals surface area contributed by atoms with E-state index in [1.807, 2.05) is 0 Å². The highest BCUT2D eigenvalue weighted by Crippen LogP contribution is 2.55. The highest BCUT2D eigenvalue weighted by atomic mass is 15.1. The molecule has 0 aromatic heterocycles. The number of hydrogen-bond donors (Lipinski definition) is 0. The van der Waals surface area contributed by atoms with Gasteiger partial charge in [0.05, 0.1) is 0 Å². The van der Waals surface area contributed by atoms with Crippen LogP contribution in [0.2, 0.25) is 10.9 Å². The van der Waals surface area contributed by atoms with Gasteiger partial charge in [-0.05, 0) is 46.2 Å². The lowest BCUT2D eigenvalue weighted by Gasteiger charge is -2.59. The summed E-state index contributed by atoms with van der Waals surface area (Å²) in [6, 6.07) is 0. The Kier molecular flexibility index (Phi) is 4.32. The molecule has 0 aromatic carbocycles.